The van der Waals surface area contributed by atoms with Gasteiger partial charge in [0.2, 0.25) is 0 Å². The van der Waals surface area contributed by atoms with E-state index in [2.05, 4.69) is 4.98 Å². The molecule has 26 heavy (non-hydrogen) atoms. The summed E-state index contributed by atoms with van der Waals surface area (Å²) in [5, 5.41) is 0.511. The lowest BCUT2D eigenvalue weighted by molar-refractivity contribution is 0.712. The monoisotopic (exact) mass is 343 g/mol. The van der Waals surface area contributed by atoms with Gasteiger partial charge < -0.3 is 0 Å². The third kappa shape index (κ3) is 2.73. The average molecular weight is 343 g/mol. The number of fused-ring (bicyclic) bond motifs is 1. The minimum absolute atomic E-state index is 0.308. The summed E-state index contributed by atoms with van der Waals surface area (Å²) in [6.07, 6.45) is 3.42. The van der Waals surface area contributed by atoms with Crippen molar-refractivity contribution < 1.29 is 0 Å². The highest BCUT2D eigenvalue weighted by atomic mass is 16.2. The Morgan fingerprint density at radius 1 is 0.923 bits per heavy atom. The molecule has 5 heteroatoms. The van der Waals surface area contributed by atoms with Gasteiger partial charge in [0.25, 0.3) is 5.56 Å². The maximum atomic E-state index is 13.2. The highest BCUT2D eigenvalue weighted by Gasteiger charge is 2.14. The Morgan fingerprint density at radius 2 is 1.69 bits per heavy atom. The number of aryl methyl sites for hydroxylation is 1. The van der Waals surface area contributed by atoms with Crippen molar-refractivity contribution in [2.24, 2.45) is 0 Å². The van der Waals surface area contributed by atoms with Crippen LogP contribution in [0, 0.1) is 6.92 Å². The zero-order valence-electron chi connectivity index (χ0n) is 14.3. The Morgan fingerprint density at radius 3 is 2.42 bits per heavy atom. The van der Waals surface area contributed by atoms with Crippen molar-refractivity contribution in [3.8, 4) is 5.69 Å². The molecule has 0 amide bonds. The van der Waals surface area contributed by atoms with Crippen LogP contribution in [-0.2, 0) is 6.54 Å². The standard InChI is InChI=1S/C21H17N3O2/c1-15-8-10-17(11-9-15)24-20(25)18-6-2-3-7-19(18)23(21(24)26)14-16-5-4-12-22-13-16/h2-13H,14H2,1H3. The van der Waals surface area contributed by atoms with Gasteiger partial charge in [0, 0.05) is 12.4 Å². The predicted molar refractivity (Wildman–Crippen MR) is 102 cm³/mol. The summed E-state index contributed by atoms with van der Waals surface area (Å²) in [5.41, 5.74) is 2.48. The number of pyridine rings is 1. The van der Waals surface area contributed by atoms with Gasteiger partial charge in [-0.15, -0.1) is 0 Å². The smallest absolute Gasteiger partial charge is 0.288 e. The molecule has 0 spiro atoms. The molecule has 0 aliphatic heterocycles. The minimum Gasteiger partial charge on any atom is -0.288 e. The van der Waals surface area contributed by atoms with E-state index in [-0.39, 0.29) is 11.2 Å². The molecule has 4 aromatic rings. The fourth-order valence-electron chi connectivity index (χ4n) is 3.07. The van der Waals surface area contributed by atoms with E-state index < -0.39 is 0 Å². The van der Waals surface area contributed by atoms with Crippen molar-refractivity contribution >= 4 is 10.9 Å². The zero-order chi connectivity index (χ0) is 18.1. The van der Waals surface area contributed by atoms with Gasteiger partial charge in [-0.3, -0.25) is 14.3 Å². The molecule has 2 aromatic heterocycles. The first-order valence-corrected chi connectivity index (χ1v) is 8.36. The lowest BCUT2D eigenvalue weighted by Gasteiger charge is -2.14. The van der Waals surface area contributed by atoms with Crippen LogP contribution in [0.1, 0.15) is 11.1 Å². The quantitative estimate of drug-likeness (QED) is 0.575. The van der Waals surface area contributed by atoms with Crippen LogP contribution in [0.15, 0.2) is 82.6 Å². The second-order valence-electron chi connectivity index (χ2n) is 6.22. The zero-order valence-corrected chi connectivity index (χ0v) is 14.3. The third-order valence-corrected chi connectivity index (χ3v) is 4.41. The van der Waals surface area contributed by atoms with E-state index in [9.17, 15) is 9.59 Å². The Labute approximate surface area is 149 Å². The molecular formula is C21H17N3O2. The van der Waals surface area contributed by atoms with Gasteiger partial charge in [-0.05, 0) is 42.8 Å². The van der Waals surface area contributed by atoms with Crippen LogP contribution in [-0.4, -0.2) is 14.1 Å². The predicted octanol–water partition coefficient (Wildman–Crippen LogP) is 2.90. The van der Waals surface area contributed by atoms with Crippen molar-refractivity contribution in [2.75, 3.05) is 0 Å². The van der Waals surface area contributed by atoms with Gasteiger partial charge in [0.1, 0.15) is 0 Å². The Hall–Kier alpha value is -3.47. The van der Waals surface area contributed by atoms with Crippen LogP contribution in [0.5, 0.6) is 0 Å². The molecule has 0 atom stereocenters. The van der Waals surface area contributed by atoms with Crippen LogP contribution >= 0.6 is 0 Å². The van der Waals surface area contributed by atoms with Gasteiger partial charge in [0.05, 0.1) is 23.1 Å². The van der Waals surface area contributed by atoms with Crippen LogP contribution < -0.4 is 11.2 Å². The van der Waals surface area contributed by atoms with E-state index >= 15 is 0 Å². The van der Waals surface area contributed by atoms with Crippen LogP contribution in [0.2, 0.25) is 0 Å². The molecule has 0 bridgehead atoms. The molecule has 0 radical (unpaired) electrons. The summed E-state index contributed by atoms with van der Waals surface area (Å²) in [7, 11) is 0. The molecule has 2 aromatic carbocycles. The molecule has 0 fully saturated rings. The maximum Gasteiger partial charge on any atom is 0.336 e. The fraction of sp³-hybridized carbons (Fsp3) is 0.0952. The number of nitrogens with zero attached hydrogens (tertiary/aromatic N) is 3. The summed E-state index contributed by atoms with van der Waals surface area (Å²) in [6, 6.07) is 18.3. The average Bonchev–Trinajstić information content (AvgIpc) is 2.67. The van der Waals surface area contributed by atoms with E-state index in [4.69, 9.17) is 0 Å². The summed E-state index contributed by atoms with van der Waals surface area (Å²) < 4.78 is 2.85. The minimum atomic E-state index is -0.360. The first kappa shape index (κ1) is 16.0. The van der Waals surface area contributed by atoms with E-state index in [1.165, 1.54) is 4.57 Å². The summed E-state index contributed by atoms with van der Waals surface area (Å²) in [4.78, 5) is 30.3. The number of benzene rings is 2. The normalized spacial score (nSPS) is 11.0. The number of para-hydroxylation sites is 1. The van der Waals surface area contributed by atoms with Gasteiger partial charge >= 0.3 is 5.69 Å². The molecule has 0 aliphatic rings. The first-order chi connectivity index (χ1) is 12.6. The lowest BCUT2D eigenvalue weighted by atomic mass is 10.2. The SMILES string of the molecule is Cc1ccc(-n2c(=O)c3ccccc3n(Cc3cccnc3)c2=O)cc1. The van der Waals surface area contributed by atoms with Crippen molar-refractivity contribution in [3.05, 3.63) is 105 Å². The molecule has 0 N–H and O–H groups in total. The van der Waals surface area contributed by atoms with Crippen molar-refractivity contribution in [2.45, 2.75) is 13.5 Å². The Balaban J connectivity index is 2.03. The maximum absolute atomic E-state index is 13.2. The second kappa shape index (κ2) is 6.44. The highest BCUT2D eigenvalue weighted by molar-refractivity contribution is 5.78. The summed E-state index contributed by atoms with van der Waals surface area (Å²) >= 11 is 0. The molecule has 128 valence electrons. The highest BCUT2D eigenvalue weighted by Crippen LogP contribution is 2.12. The van der Waals surface area contributed by atoms with Gasteiger partial charge in [-0.25, -0.2) is 9.36 Å². The van der Waals surface area contributed by atoms with E-state index in [1.54, 1.807) is 41.2 Å². The number of hydrogen-bond acceptors (Lipinski definition) is 3. The molecule has 0 saturated carbocycles. The number of aromatic nitrogens is 3. The van der Waals surface area contributed by atoms with E-state index in [0.29, 0.717) is 23.1 Å². The van der Waals surface area contributed by atoms with Crippen molar-refractivity contribution in [1.29, 1.82) is 0 Å². The molecule has 0 aliphatic carbocycles. The fourth-order valence-corrected chi connectivity index (χ4v) is 3.07. The van der Waals surface area contributed by atoms with Crippen molar-refractivity contribution in [1.82, 2.24) is 14.1 Å². The van der Waals surface area contributed by atoms with E-state index in [1.807, 2.05) is 43.3 Å². The molecule has 0 unspecified atom stereocenters. The van der Waals surface area contributed by atoms with Crippen LogP contribution in [0.3, 0.4) is 0 Å². The van der Waals surface area contributed by atoms with Gasteiger partial charge in [0.15, 0.2) is 0 Å². The largest absolute Gasteiger partial charge is 0.336 e. The number of hydrogen-bond donors (Lipinski definition) is 0. The molecule has 4 rings (SSSR count). The van der Waals surface area contributed by atoms with Crippen LogP contribution in [0.4, 0.5) is 0 Å². The third-order valence-electron chi connectivity index (χ3n) is 4.41. The molecular weight excluding hydrogens is 326 g/mol. The van der Waals surface area contributed by atoms with Gasteiger partial charge in [-0.1, -0.05) is 35.9 Å². The Bertz CT molecular complexity index is 1190. The van der Waals surface area contributed by atoms with Crippen molar-refractivity contribution in [3.63, 3.8) is 0 Å². The molecule has 0 saturated heterocycles. The number of rotatable bonds is 3. The van der Waals surface area contributed by atoms with E-state index in [0.717, 1.165) is 11.1 Å². The summed E-state index contributed by atoms with van der Waals surface area (Å²) in [5.74, 6) is 0. The summed E-state index contributed by atoms with van der Waals surface area (Å²) in [6.45, 7) is 2.31. The first-order valence-electron chi connectivity index (χ1n) is 8.36. The molecule has 2 heterocycles. The lowest BCUT2D eigenvalue weighted by Crippen LogP contribution is -2.39. The van der Waals surface area contributed by atoms with Gasteiger partial charge in [-0.2, -0.15) is 0 Å². The second-order valence-corrected chi connectivity index (χ2v) is 6.22. The Kier molecular flexibility index (Phi) is 3.97. The topological polar surface area (TPSA) is 56.9 Å². The van der Waals surface area contributed by atoms with Crippen LogP contribution in [0.25, 0.3) is 16.6 Å². The molecule has 5 nitrogen and oxygen atoms in total.